The normalized spacial score (nSPS) is 21.5. The van der Waals surface area contributed by atoms with Gasteiger partial charge in [-0.15, -0.1) is 0 Å². The number of carbonyl (C=O) groups is 1. The summed E-state index contributed by atoms with van der Waals surface area (Å²) in [5, 5.41) is 0.822. The summed E-state index contributed by atoms with van der Waals surface area (Å²) in [6, 6.07) is 2.99. The Balaban J connectivity index is 1.82. The number of benzene rings is 1. The molecule has 5 heteroatoms. The third-order valence-corrected chi connectivity index (χ3v) is 5.22. The summed E-state index contributed by atoms with van der Waals surface area (Å²) in [6.07, 6.45) is 5.93. The van der Waals surface area contributed by atoms with E-state index in [0.717, 1.165) is 24.7 Å². The number of ether oxygens (including phenoxy) is 1. The van der Waals surface area contributed by atoms with Gasteiger partial charge in [0.15, 0.2) is 0 Å². The maximum atomic E-state index is 12.0. The highest BCUT2D eigenvalue weighted by Crippen LogP contribution is 2.34. The molecular weight excluding hydrogens is 331 g/mol. The van der Waals surface area contributed by atoms with Gasteiger partial charge in [-0.25, -0.2) is 4.79 Å². The average molecular weight is 350 g/mol. The highest BCUT2D eigenvalue weighted by atomic mass is 35.5. The van der Waals surface area contributed by atoms with Gasteiger partial charge in [-0.05, 0) is 36.8 Å². The van der Waals surface area contributed by atoms with E-state index in [-0.39, 0.29) is 15.6 Å². The Morgan fingerprint density at radius 2 is 2.05 bits per heavy atom. The summed E-state index contributed by atoms with van der Waals surface area (Å²) in [7, 11) is 0. The van der Waals surface area contributed by atoms with Crippen LogP contribution in [0.1, 0.15) is 49.4 Å². The zero-order valence-electron chi connectivity index (χ0n) is 12.0. The molecule has 1 fully saturated rings. The molecule has 0 radical (unpaired) electrons. The molecule has 2 nitrogen and oxygen atoms in total. The van der Waals surface area contributed by atoms with Gasteiger partial charge in [0, 0.05) is 5.02 Å². The molecule has 116 valence electrons. The van der Waals surface area contributed by atoms with Gasteiger partial charge in [0.05, 0.1) is 22.2 Å². The van der Waals surface area contributed by atoms with E-state index in [1.165, 1.54) is 31.4 Å². The zero-order chi connectivity index (χ0) is 15.4. The second-order valence-electron chi connectivity index (χ2n) is 5.70. The molecular formula is C16H19Cl3O2. The maximum absolute atomic E-state index is 12.0. The predicted molar refractivity (Wildman–Crippen MR) is 87.5 cm³/mol. The van der Waals surface area contributed by atoms with E-state index >= 15 is 0 Å². The van der Waals surface area contributed by atoms with Crippen LogP contribution in [-0.4, -0.2) is 12.6 Å². The number of hydrogen-bond acceptors (Lipinski definition) is 2. The zero-order valence-corrected chi connectivity index (χ0v) is 14.3. The molecule has 0 aromatic heterocycles. The van der Waals surface area contributed by atoms with Crippen molar-refractivity contribution in [3.05, 3.63) is 32.8 Å². The molecule has 0 spiro atoms. The van der Waals surface area contributed by atoms with Gasteiger partial charge in [-0.3, -0.25) is 0 Å². The van der Waals surface area contributed by atoms with Gasteiger partial charge < -0.3 is 4.74 Å². The van der Waals surface area contributed by atoms with Crippen molar-refractivity contribution >= 4 is 40.8 Å². The minimum absolute atomic E-state index is 0.190. The second-order valence-corrected chi connectivity index (χ2v) is 6.92. The summed E-state index contributed by atoms with van der Waals surface area (Å²) in [6.45, 7) is 2.71. The summed E-state index contributed by atoms with van der Waals surface area (Å²) >= 11 is 17.8. The predicted octanol–water partition coefficient (Wildman–Crippen LogP) is 6.02. The molecule has 1 aromatic rings. The fourth-order valence-electron chi connectivity index (χ4n) is 2.94. The minimum atomic E-state index is -0.469. The van der Waals surface area contributed by atoms with Crippen LogP contribution in [0.5, 0.6) is 0 Å². The molecule has 0 aliphatic heterocycles. The lowest BCUT2D eigenvalue weighted by Crippen LogP contribution is -2.10. The van der Waals surface area contributed by atoms with E-state index in [0.29, 0.717) is 11.6 Å². The Morgan fingerprint density at radius 1 is 1.29 bits per heavy atom. The van der Waals surface area contributed by atoms with Crippen LogP contribution >= 0.6 is 34.8 Å². The van der Waals surface area contributed by atoms with Crippen molar-refractivity contribution in [1.29, 1.82) is 0 Å². The van der Waals surface area contributed by atoms with Crippen LogP contribution in [0.3, 0.4) is 0 Å². The molecule has 1 aliphatic carbocycles. The Bertz CT molecular complexity index is 516. The Hall–Kier alpha value is -0.440. The molecule has 2 rings (SSSR count). The first kappa shape index (κ1) is 16.9. The van der Waals surface area contributed by atoms with Crippen LogP contribution in [-0.2, 0) is 4.74 Å². The topological polar surface area (TPSA) is 26.3 Å². The van der Waals surface area contributed by atoms with Crippen molar-refractivity contribution in [3.8, 4) is 0 Å². The van der Waals surface area contributed by atoms with Crippen molar-refractivity contribution in [1.82, 2.24) is 0 Å². The first-order chi connectivity index (χ1) is 9.99. The molecule has 1 saturated carbocycles. The number of carbonyl (C=O) groups excluding carboxylic acids is 1. The second kappa shape index (κ2) is 7.71. The first-order valence-corrected chi connectivity index (χ1v) is 8.44. The number of rotatable bonds is 5. The Morgan fingerprint density at radius 3 is 2.71 bits per heavy atom. The van der Waals surface area contributed by atoms with Gasteiger partial charge in [0.2, 0.25) is 0 Å². The van der Waals surface area contributed by atoms with Gasteiger partial charge in [-0.2, -0.15) is 0 Å². The molecule has 21 heavy (non-hydrogen) atoms. The lowest BCUT2D eigenvalue weighted by molar-refractivity contribution is 0.0492. The van der Waals surface area contributed by atoms with Crippen LogP contribution in [0.15, 0.2) is 12.1 Å². The lowest BCUT2D eigenvalue weighted by Gasteiger charge is -2.14. The molecule has 0 N–H and O–H groups in total. The van der Waals surface area contributed by atoms with E-state index in [9.17, 15) is 4.79 Å². The fraction of sp³-hybridized carbons (Fsp3) is 0.562. The fourth-order valence-corrected chi connectivity index (χ4v) is 3.62. The number of hydrogen-bond donors (Lipinski definition) is 0. The molecule has 1 aromatic carbocycles. The van der Waals surface area contributed by atoms with Gasteiger partial charge in [0.25, 0.3) is 0 Å². The maximum Gasteiger partial charge on any atom is 0.339 e. The van der Waals surface area contributed by atoms with E-state index in [1.807, 2.05) is 0 Å². The quantitative estimate of drug-likeness (QED) is 0.369. The summed E-state index contributed by atoms with van der Waals surface area (Å²) in [4.78, 5) is 12.0. The largest absolute Gasteiger partial charge is 0.462 e. The minimum Gasteiger partial charge on any atom is -0.462 e. The highest BCUT2D eigenvalue weighted by Gasteiger charge is 2.23. The number of halogens is 3. The SMILES string of the molecule is CC1CCCC1CCCOC(=O)c1cc(Cl)cc(Cl)c1Cl. The number of esters is 1. The van der Waals surface area contributed by atoms with E-state index in [2.05, 4.69) is 6.92 Å². The summed E-state index contributed by atoms with van der Waals surface area (Å²) < 4.78 is 5.27. The Labute approximate surface area is 140 Å². The van der Waals surface area contributed by atoms with Crippen molar-refractivity contribution in [3.63, 3.8) is 0 Å². The molecule has 2 unspecified atom stereocenters. The van der Waals surface area contributed by atoms with Gasteiger partial charge in [0.1, 0.15) is 0 Å². The summed E-state index contributed by atoms with van der Waals surface area (Å²) in [5.41, 5.74) is 0.225. The average Bonchev–Trinajstić information content (AvgIpc) is 2.84. The monoisotopic (exact) mass is 348 g/mol. The summed E-state index contributed by atoms with van der Waals surface area (Å²) in [5.74, 6) is 1.10. The third kappa shape index (κ3) is 4.51. The highest BCUT2D eigenvalue weighted by molar-refractivity contribution is 6.45. The lowest BCUT2D eigenvalue weighted by atomic mass is 9.93. The molecule has 0 bridgehead atoms. The smallest absolute Gasteiger partial charge is 0.339 e. The molecule has 0 saturated heterocycles. The van der Waals surface area contributed by atoms with E-state index < -0.39 is 5.97 Å². The van der Waals surface area contributed by atoms with Crippen LogP contribution in [0.2, 0.25) is 15.1 Å². The van der Waals surface area contributed by atoms with Gasteiger partial charge >= 0.3 is 5.97 Å². The van der Waals surface area contributed by atoms with Crippen LogP contribution in [0.25, 0.3) is 0 Å². The first-order valence-electron chi connectivity index (χ1n) is 7.30. The third-order valence-electron chi connectivity index (χ3n) is 4.20. The molecule has 0 heterocycles. The van der Waals surface area contributed by atoms with Crippen molar-refractivity contribution in [2.45, 2.75) is 39.0 Å². The van der Waals surface area contributed by atoms with Crippen LogP contribution < -0.4 is 0 Å². The van der Waals surface area contributed by atoms with Crippen LogP contribution in [0, 0.1) is 11.8 Å². The standard InChI is InChI=1S/C16H19Cl3O2/c1-10-4-2-5-11(10)6-3-7-21-16(20)13-8-12(17)9-14(18)15(13)19/h8-11H,2-7H2,1H3. The Kier molecular flexibility index (Phi) is 6.21. The van der Waals surface area contributed by atoms with E-state index in [4.69, 9.17) is 39.5 Å². The van der Waals surface area contributed by atoms with E-state index in [1.54, 1.807) is 0 Å². The van der Waals surface area contributed by atoms with Crippen molar-refractivity contribution in [2.75, 3.05) is 6.61 Å². The van der Waals surface area contributed by atoms with Crippen molar-refractivity contribution in [2.24, 2.45) is 11.8 Å². The van der Waals surface area contributed by atoms with Crippen molar-refractivity contribution < 1.29 is 9.53 Å². The molecule has 0 amide bonds. The van der Waals surface area contributed by atoms with Gasteiger partial charge in [-0.1, -0.05) is 61.0 Å². The van der Waals surface area contributed by atoms with Crippen LogP contribution in [0.4, 0.5) is 0 Å². The molecule has 1 aliphatic rings. The molecule has 2 atom stereocenters.